The average molecular weight is 196 g/mol. The number of nitrogens with zero attached hydrogens (tertiary/aromatic N) is 2. The Morgan fingerprint density at radius 1 is 1.50 bits per heavy atom. The summed E-state index contributed by atoms with van der Waals surface area (Å²) in [7, 11) is 0. The summed E-state index contributed by atoms with van der Waals surface area (Å²) in [4.78, 5) is 5.10. The van der Waals surface area contributed by atoms with Crippen LogP contribution in [0.3, 0.4) is 0 Å². The lowest BCUT2D eigenvalue weighted by atomic mass is 9.94. The maximum absolute atomic E-state index is 3.85. The zero-order valence-corrected chi connectivity index (χ0v) is 9.92. The Morgan fingerprint density at radius 3 is 2.57 bits per heavy atom. The van der Waals surface area contributed by atoms with Gasteiger partial charge in [-0.3, -0.25) is 9.80 Å². The minimum absolute atomic E-state index is 0.305. The molecule has 0 radical (unpaired) electrons. The molecule has 2 heteroatoms. The number of hydrogen-bond donors (Lipinski definition) is 0. The summed E-state index contributed by atoms with van der Waals surface area (Å²) in [5, 5.41) is 0. The number of rotatable bonds is 6. The third kappa shape index (κ3) is 2.01. The average Bonchev–Trinajstić information content (AvgIpc) is 2.15. The van der Waals surface area contributed by atoms with Gasteiger partial charge in [-0.25, -0.2) is 0 Å². The molecule has 0 N–H and O–H groups in total. The van der Waals surface area contributed by atoms with Gasteiger partial charge in [0.1, 0.15) is 0 Å². The number of hydrogen-bond acceptors (Lipinski definition) is 2. The van der Waals surface area contributed by atoms with Gasteiger partial charge in [0.15, 0.2) is 0 Å². The molecule has 0 aliphatic carbocycles. The second-order valence-electron chi connectivity index (χ2n) is 4.28. The fourth-order valence-corrected chi connectivity index (χ4v) is 2.40. The normalized spacial score (nSPS) is 27.7. The van der Waals surface area contributed by atoms with Crippen molar-refractivity contribution in [2.75, 3.05) is 26.2 Å². The molecule has 2 nitrogen and oxygen atoms in total. The first-order valence-electron chi connectivity index (χ1n) is 5.80. The molecule has 1 saturated heterocycles. The van der Waals surface area contributed by atoms with Gasteiger partial charge in [0.25, 0.3) is 0 Å². The van der Waals surface area contributed by atoms with E-state index in [9.17, 15) is 0 Å². The van der Waals surface area contributed by atoms with Crippen molar-refractivity contribution >= 4 is 0 Å². The van der Waals surface area contributed by atoms with Gasteiger partial charge in [-0.2, -0.15) is 0 Å². The van der Waals surface area contributed by atoms with E-state index in [4.69, 9.17) is 0 Å². The molecule has 1 aliphatic heterocycles. The molecule has 1 unspecified atom stereocenters. The smallest absolute Gasteiger partial charge is 0.0723 e. The third-order valence-corrected chi connectivity index (χ3v) is 3.44. The zero-order chi connectivity index (χ0) is 10.6. The fraction of sp³-hybridized carbons (Fsp3) is 0.833. The van der Waals surface area contributed by atoms with Gasteiger partial charge in [0, 0.05) is 13.1 Å². The molecule has 0 amide bonds. The van der Waals surface area contributed by atoms with Crippen LogP contribution in [-0.4, -0.2) is 41.6 Å². The van der Waals surface area contributed by atoms with Gasteiger partial charge >= 0.3 is 0 Å². The van der Waals surface area contributed by atoms with Gasteiger partial charge < -0.3 is 0 Å². The monoisotopic (exact) mass is 196 g/mol. The SMILES string of the molecule is C=CCN(CCC)C1(C)CCN1CC. The largest absolute Gasteiger partial charge is 0.286 e. The molecule has 1 aliphatic rings. The second kappa shape index (κ2) is 4.94. The Hall–Kier alpha value is -0.340. The molecule has 0 bridgehead atoms. The summed E-state index contributed by atoms with van der Waals surface area (Å²) in [5.41, 5.74) is 0.305. The number of likely N-dealkylation sites (tertiary alicyclic amines) is 1. The molecular formula is C12H24N2. The van der Waals surface area contributed by atoms with Gasteiger partial charge in [-0.15, -0.1) is 6.58 Å². The first kappa shape index (κ1) is 11.7. The summed E-state index contributed by atoms with van der Waals surface area (Å²) in [6.45, 7) is 15.3. The highest BCUT2D eigenvalue weighted by Gasteiger charge is 2.43. The van der Waals surface area contributed by atoms with E-state index in [0.717, 1.165) is 13.1 Å². The Morgan fingerprint density at radius 2 is 2.21 bits per heavy atom. The Bertz CT molecular complexity index is 189. The fourth-order valence-electron chi connectivity index (χ4n) is 2.40. The van der Waals surface area contributed by atoms with Crippen molar-refractivity contribution in [3.63, 3.8) is 0 Å². The van der Waals surface area contributed by atoms with Gasteiger partial charge in [-0.1, -0.05) is 19.9 Å². The Labute approximate surface area is 88.6 Å². The molecule has 0 aromatic rings. The van der Waals surface area contributed by atoms with E-state index < -0.39 is 0 Å². The van der Waals surface area contributed by atoms with Crippen LogP contribution in [0.25, 0.3) is 0 Å². The molecule has 1 atom stereocenters. The van der Waals surface area contributed by atoms with E-state index >= 15 is 0 Å². The van der Waals surface area contributed by atoms with E-state index in [1.165, 1.54) is 25.9 Å². The maximum Gasteiger partial charge on any atom is 0.0723 e. The predicted octanol–water partition coefficient (Wildman–Crippen LogP) is 2.33. The third-order valence-electron chi connectivity index (χ3n) is 3.44. The molecule has 0 saturated carbocycles. The molecule has 0 aromatic carbocycles. The van der Waals surface area contributed by atoms with Crippen LogP contribution in [-0.2, 0) is 0 Å². The van der Waals surface area contributed by atoms with E-state index in [2.05, 4.69) is 37.1 Å². The van der Waals surface area contributed by atoms with Crippen LogP contribution in [0.2, 0.25) is 0 Å². The molecule has 0 spiro atoms. The lowest BCUT2D eigenvalue weighted by molar-refractivity contribution is -0.114. The van der Waals surface area contributed by atoms with Crippen molar-refractivity contribution in [2.45, 2.75) is 39.3 Å². The van der Waals surface area contributed by atoms with Crippen molar-refractivity contribution in [3.8, 4) is 0 Å². The first-order valence-corrected chi connectivity index (χ1v) is 5.80. The van der Waals surface area contributed by atoms with Crippen LogP contribution in [0.4, 0.5) is 0 Å². The summed E-state index contributed by atoms with van der Waals surface area (Å²) in [6.07, 6.45) is 4.54. The van der Waals surface area contributed by atoms with Crippen molar-refractivity contribution in [3.05, 3.63) is 12.7 Å². The minimum Gasteiger partial charge on any atom is -0.286 e. The zero-order valence-electron chi connectivity index (χ0n) is 9.92. The van der Waals surface area contributed by atoms with Crippen molar-refractivity contribution < 1.29 is 0 Å². The van der Waals surface area contributed by atoms with E-state index in [1.54, 1.807) is 0 Å². The van der Waals surface area contributed by atoms with Gasteiger partial charge in [0.05, 0.1) is 5.66 Å². The molecular weight excluding hydrogens is 172 g/mol. The van der Waals surface area contributed by atoms with Gasteiger partial charge in [0.2, 0.25) is 0 Å². The molecule has 0 aromatic heterocycles. The second-order valence-corrected chi connectivity index (χ2v) is 4.28. The highest BCUT2D eigenvalue weighted by Crippen LogP contribution is 2.33. The standard InChI is InChI=1S/C12H24N2/c1-5-9-14(10-6-2)12(4)8-11-13(12)7-3/h5H,1,6-11H2,2-4H3. The quantitative estimate of drug-likeness (QED) is 0.602. The first-order chi connectivity index (χ1) is 6.69. The van der Waals surface area contributed by atoms with E-state index in [0.29, 0.717) is 5.66 Å². The summed E-state index contributed by atoms with van der Waals surface area (Å²) >= 11 is 0. The van der Waals surface area contributed by atoms with Crippen LogP contribution in [0.5, 0.6) is 0 Å². The van der Waals surface area contributed by atoms with Crippen LogP contribution in [0, 0.1) is 0 Å². The highest BCUT2D eigenvalue weighted by molar-refractivity contribution is 4.96. The van der Waals surface area contributed by atoms with Crippen molar-refractivity contribution in [1.82, 2.24) is 9.80 Å². The van der Waals surface area contributed by atoms with Crippen LogP contribution >= 0.6 is 0 Å². The van der Waals surface area contributed by atoms with Crippen molar-refractivity contribution in [1.29, 1.82) is 0 Å². The molecule has 1 fully saturated rings. The van der Waals surface area contributed by atoms with E-state index in [-0.39, 0.29) is 0 Å². The van der Waals surface area contributed by atoms with Crippen LogP contribution in [0.1, 0.15) is 33.6 Å². The van der Waals surface area contributed by atoms with Crippen molar-refractivity contribution in [2.24, 2.45) is 0 Å². The Balaban J connectivity index is 2.60. The molecule has 1 rings (SSSR count). The molecule has 14 heavy (non-hydrogen) atoms. The topological polar surface area (TPSA) is 6.48 Å². The highest BCUT2D eigenvalue weighted by atomic mass is 15.4. The Kier molecular flexibility index (Phi) is 4.14. The predicted molar refractivity (Wildman–Crippen MR) is 62.3 cm³/mol. The maximum atomic E-state index is 3.85. The van der Waals surface area contributed by atoms with Crippen LogP contribution < -0.4 is 0 Å². The summed E-state index contributed by atoms with van der Waals surface area (Å²) < 4.78 is 0. The summed E-state index contributed by atoms with van der Waals surface area (Å²) in [6, 6.07) is 0. The molecule has 82 valence electrons. The minimum atomic E-state index is 0.305. The molecule has 1 heterocycles. The van der Waals surface area contributed by atoms with Gasteiger partial charge in [-0.05, 0) is 32.9 Å². The van der Waals surface area contributed by atoms with Crippen LogP contribution in [0.15, 0.2) is 12.7 Å². The lowest BCUT2D eigenvalue weighted by Gasteiger charge is -2.56. The summed E-state index contributed by atoms with van der Waals surface area (Å²) in [5.74, 6) is 0. The van der Waals surface area contributed by atoms with E-state index in [1.807, 2.05) is 6.08 Å². The lowest BCUT2D eigenvalue weighted by Crippen LogP contribution is -2.67.